The highest BCUT2D eigenvalue weighted by Crippen LogP contribution is 2.31. The Balaban J connectivity index is 1.28. The van der Waals surface area contributed by atoms with Gasteiger partial charge in [-0.3, -0.25) is 19.3 Å². The van der Waals surface area contributed by atoms with Crippen molar-refractivity contribution >= 4 is 34.8 Å². The second-order valence-corrected chi connectivity index (χ2v) is 11.8. The molecule has 3 atom stereocenters. The van der Waals surface area contributed by atoms with E-state index in [1.165, 1.54) is 11.0 Å². The molecule has 0 bridgehead atoms. The van der Waals surface area contributed by atoms with E-state index in [2.05, 4.69) is 31.1 Å². The van der Waals surface area contributed by atoms with Crippen molar-refractivity contribution in [2.45, 2.75) is 39.1 Å². The molecule has 4 aromatic rings. The highest BCUT2D eigenvalue weighted by atomic mass is 16.5. The lowest BCUT2D eigenvalue weighted by molar-refractivity contribution is -0.116. The highest BCUT2D eigenvalue weighted by molar-refractivity contribution is 6.05. The Bertz CT molecular complexity index is 1700. The summed E-state index contributed by atoms with van der Waals surface area (Å²) < 4.78 is 7.78. The third kappa shape index (κ3) is 8.28. The molecule has 0 spiro atoms. The number of aliphatic hydroxyl groups is 1. The number of carbonyl (C=O) groups is 3. The molecule has 0 fully saturated rings. The molecule has 14 nitrogen and oxygen atoms in total. The van der Waals surface area contributed by atoms with Gasteiger partial charge in [-0.25, -0.2) is 4.68 Å². The van der Waals surface area contributed by atoms with Crippen LogP contribution in [0.3, 0.4) is 0 Å². The number of nitrogens with zero attached hydrogens (tertiary/aromatic N) is 6. The van der Waals surface area contributed by atoms with Gasteiger partial charge in [0.2, 0.25) is 5.91 Å². The Morgan fingerprint density at radius 2 is 1.89 bits per heavy atom. The standard InChI is InChI=1S/C33H39N9O5/c1-21-15-42(22(2)19-43)33(46)26-14-25(36-31(44)18-41-20-35-38-39-41)12-13-29(26)47-30(21)17-40(3)16-23-8-10-24(11-9-23)32(45)37-28-7-5-4-6-27(28)34/h4-14,20-22,30,43H,15-19,34H2,1-3H3,(H,36,44)(H,37,45)/t21-,22-,30+/m0/s1. The van der Waals surface area contributed by atoms with Crippen LogP contribution < -0.4 is 21.1 Å². The maximum atomic E-state index is 13.7. The van der Waals surface area contributed by atoms with Crippen molar-refractivity contribution in [3.05, 3.63) is 89.7 Å². The molecular formula is C33H39N9O5. The number of fused-ring (bicyclic) bond motifs is 1. The topological polar surface area (TPSA) is 181 Å². The number of para-hydroxylation sites is 2. The highest BCUT2D eigenvalue weighted by Gasteiger charge is 2.33. The molecule has 5 N–H and O–H groups in total. The molecule has 0 saturated carbocycles. The van der Waals surface area contributed by atoms with Gasteiger partial charge < -0.3 is 31.1 Å². The predicted octanol–water partition coefficient (Wildman–Crippen LogP) is 2.50. The number of aliphatic hydroxyl groups excluding tert-OH is 1. The smallest absolute Gasteiger partial charge is 0.258 e. The number of anilines is 3. The lowest BCUT2D eigenvalue weighted by Crippen LogP contribution is -2.49. The van der Waals surface area contributed by atoms with Crippen molar-refractivity contribution < 1.29 is 24.2 Å². The number of nitrogens with two attached hydrogens (primary N) is 1. The Morgan fingerprint density at radius 1 is 1.13 bits per heavy atom. The van der Waals surface area contributed by atoms with Crippen LogP contribution in [0.5, 0.6) is 5.75 Å². The van der Waals surface area contributed by atoms with Gasteiger partial charge in [0, 0.05) is 36.8 Å². The average molecular weight is 642 g/mol. The van der Waals surface area contributed by atoms with Gasteiger partial charge >= 0.3 is 0 Å². The largest absolute Gasteiger partial charge is 0.488 e. The van der Waals surface area contributed by atoms with Crippen LogP contribution in [0.4, 0.5) is 17.1 Å². The number of rotatable bonds is 11. The van der Waals surface area contributed by atoms with E-state index < -0.39 is 6.04 Å². The van der Waals surface area contributed by atoms with E-state index in [4.69, 9.17) is 10.5 Å². The van der Waals surface area contributed by atoms with Crippen LogP contribution in [0.25, 0.3) is 0 Å². The summed E-state index contributed by atoms with van der Waals surface area (Å²) in [5, 5.41) is 26.4. The number of hydrogen-bond acceptors (Lipinski definition) is 10. The van der Waals surface area contributed by atoms with Crippen LogP contribution >= 0.6 is 0 Å². The molecule has 3 amide bonds. The predicted molar refractivity (Wildman–Crippen MR) is 176 cm³/mol. The zero-order valence-electron chi connectivity index (χ0n) is 26.5. The third-order valence-electron chi connectivity index (χ3n) is 8.01. The van der Waals surface area contributed by atoms with Crippen LogP contribution in [-0.2, 0) is 17.9 Å². The van der Waals surface area contributed by atoms with E-state index >= 15 is 0 Å². The van der Waals surface area contributed by atoms with Gasteiger partial charge in [-0.1, -0.05) is 31.2 Å². The number of tetrazole rings is 1. The number of amides is 3. The first-order valence-electron chi connectivity index (χ1n) is 15.3. The van der Waals surface area contributed by atoms with Gasteiger partial charge in [-0.05, 0) is 72.4 Å². The summed E-state index contributed by atoms with van der Waals surface area (Å²) in [6, 6.07) is 19.0. The molecule has 0 aliphatic carbocycles. The molecule has 1 aliphatic heterocycles. The maximum absolute atomic E-state index is 13.7. The number of ether oxygens (including phenoxy) is 1. The van der Waals surface area contributed by atoms with E-state index in [9.17, 15) is 19.5 Å². The number of nitrogens with one attached hydrogen (secondary N) is 2. The van der Waals surface area contributed by atoms with Crippen LogP contribution in [-0.4, -0.2) is 91.7 Å². The molecule has 47 heavy (non-hydrogen) atoms. The van der Waals surface area contributed by atoms with Gasteiger partial charge in [0.25, 0.3) is 11.8 Å². The van der Waals surface area contributed by atoms with Crippen molar-refractivity contribution in [3.63, 3.8) is 0 Å². The van der Waals surface area contributed by atoms with E-state index in [1.54, 1.807) is 54.3 Å². The maximum Gasteiger partial charge on any atom is 0.258 e. The normalized spacial score (nSPS) is 16.9. The Labute approximate surface area is 272 Å². The molecule has 0 saturated heterocycles. The van der Waals surface area contributed by atoms with E-state index in [0.717, 1.165) is 5.56 Å². The zero-order chi connectivity index (χ0) is 33.5. The average Bonchev–Trinajstić information content (AvgIpc) is 3.57. The first-order valence-corrected chi connectivity index (χ1v) is 15.3. The van der Waals surface area contributed by atoms with E-state index in [0.29, 0.717) is 48.0 Å². The summed E-state index contributed by atoms with van der Waals surface area (Å²) in [6.07, 6.45) is 1.03. The minimum absolute atomic E-state index is 0.0734. The molecule has 1 aliphatic rings. The summed E-state index contributed by atoms with van der Waals surface area (Å²) >= 11 is 0. The quantitative estimate of drug-likeness (QED) is 0.178. The molecule has 2 heterocycles. The summed E-state index contributed by atoms with van der Waals surface area (Å²) in [7, 11) is 1.98. The Kier molecular flexibility index (Phi) is 10.4. The van der Waals surface area contributed by atoms with Gasteiger partial charge in [-0.2, -0.15) is 0 Å². The lowest BCUT2D eigenvalue weighted by Gasteiger charge is -2.38. The van der Waals surface area contributed by atoms with Crippen molar-refractivity contribution in [2.75, 3.05) is 43.1 Å². The number of hydrogen-bond donors (Lipinski definition) is 4. The number of carbonyl (C=O) groups excluding carboxylic acids is 3. The van der Waals surface area contributed by atoms with Crippen molar-refractivity contribution in [1.29, 1.82) is 0 Å². The van der Waals surface area contributed by atoms with Crippen LogP contribution in [0.1, 0.15) is 40.1 Å². The minimum atomic E-state index is -0.429. The molecule has 246 valence electrons. The molecule has 5 rings (SSSR count). The van der Waals surface area contributed by atoms with Crippen LogP contribution in [0.2, 0.25) is 0 Å². The third-order valence-corrected chi connectivity index (χ3v) is 8.01. The number of likely N-dealkylation sites (N-methyl/N-ethyl adjacent to an activating group) is 1. The summed E-state index contributed by atoms with van der Waals surface area (Å²) in [5.41, 5.74) is 9.24. The van der Waals surface area contributed by atoms with Crippen molar-refractivity contribution in [3.8, 4) is 5.75 Å². The van der Waals surface area contributed by atoms with E-state index in [1.807, 2.05) is 38.2 Å². The Hall–Kier alpha value is -5.34. The zero-order valence-corrected chi connectivity index (χ0v) is 26.5. The SMILES string of the molecule is C[C@H]1CN([C@@H](C)CO)C(=O)c2cc(NC(=O)Cn3cnnn3)ccc2O[C@@H]1CN(C)Cc1ccc(C(=O)Nc2ccccc2N)cc1. The van der Waals surface area contributed by atoms with Crippen molar-refractivity contribution in [2.24, 2.45) is 5.92 Å². The number of benzene rings is 3. The summed E-state index contributed by atoms with van der Waals surface area (Å²) in [5.74, 6) is -0.584. The second-order valence-electron chi connectivity index (χ2n) is 11.8. The number of nitrogen functional groups attached to an aromatic ring is 1. The second kappa shape index (κ2) is 14.8. The Morgan fingerprint density at radius 3 is 2.60 bits per heavy atom. The fourth-order valence-electron chi connectivity index (χ4n) is 5.37. The van der Waals surface area contributed by atoms with Gasteiger partial charge in [-0.15, -0.1) is 5.10 Å². The molecule has 0 radical (unpaired) electrons. The van der Waals surface area contributed by atoms with Gasteiger partial charge in [0.1, 0.15) is 24.7 Å². The number of aromatic nitrogens is 4. The fourth-order valence-corrected chi connectivity index (χ4v) is 5.37. The van der Waals surface area contributed by atoms with Crippen LogP contribution in [0.15, 0.2) is 73.1 Å². The van der Waals surface area contributed by atoms with Gasteiger partial charge in [0.05, 0.1) is 29.6 Å². The monoisotopic (exact) mass is 641 g/mol. The first kappa shape index (κ1) is 33.0. The lowest BCUT2D eigenvalue weighted by atomic mass is 9.99. The van der Waals surface area contributed by atoms with Crippen molar-refractivity contribution in [1.82, 2.24) is 30.0 Å². The first-order chi connectivity index (χ1) is 22.6. The van der Waals surface area contributed by atoms with E-state index in [-0.39, 0.29) is 48.5 Å². The van der Waals surface area contributed by atoms with Crippen LogP contribution in [0, 0.1) is 5.92 Å². The molecule has 1 aromatic heterocycles. The minimum Gasteiger partial charge on any atom is -0.488 e. The summed E-state index contributed by atoms with van der Waals surface area (Å²) in [6.45, 7) is 5.02. The molecule has 0 unspecified atom stereocenters. The van der Waals surface area contributed by atoms with Gasteiger partial charge in [0.15, 0.2) is 0 Å². The molecule has 14 heteroatoms. The fraction of sp³-hybridized carbons (Fsp3) is 0.333. The molecule has 3 aromatic carbocycles. The molecular weight excluding hydrogens is 602 g/mol. The summed E-state index contributed by atoms with van der Waals surface area (Å²) in [4.78, 5) is 42.8.